The molecule has 1 amide bonds. The summed E-state index contributed by atoms with van der Waals surface area (Å²) >= 11 is 0. The van der Waals surface area contributed by atoms with Crippen molar-refractivity contribution in [3.8, 4) is 0 Å². The van der Waals surface area contributed by atoms with Crippen LogP contribution < -0.4 is 0 Å². The normalized spacial score (nSPS) is 52.4. The minimum Gasteiger partial charge on any atom is -0.373 e. The smallest absolute Gasteiger partial charge is 0.219 e. The number of fused-ring (bicyclic) bond motifs is 4. The van der Waals surface area contributed by atoms with E-state index in [1.165, 1.54) is 51.4 Å². The summed E-state index contributed by atoms with van der Waals surface area (Å²) in [7, 11) is 1.99. The average molecular weight is 486 g/mol. The van der Waals surface area contributed by atoms with E-state index in [9.17, 15) is 4.79 Å². The van der Waals surface area contributed by atoms with Crippen molar-refractivity contribution in [1.29, 1.82) is 0 Å². The Hall–Kier alpha value is -0.570. The number of likely N-dealkylation sites (N-methyl/N-ethyl adjacent to an activating group) is 1. The number of ether oxygens (including phenoxy) is 1. The van der Waals surface area contributed by atoms with E-state index in [1.807, 2.05) is 11.9 Å². The first-order valence-corrected chi connectivity index (χ1v) is 15.3. The van der Waals surface area contributed by atoms with Crippen LogP contribution in [0, 0.1) is 57.2 Å². The molecular weight excluding hydrogens is 430 g/mol. The van der Waals surface area contributed by atoms with Crippen molar-refractivity contribution < 1.29 is 11.0 Å². The monoisotopic (exact) mass is 485 g/mol. The first-order valence-electron chi connectivity index (χ1n) is 15.3. The summed E-state index contributed by atoms with van der Waals surface area (Å²) in [6.07, 6.45) is 14.7. The average Bonchev–Trinajstić information content (AvgIpc) is 3.37. The van der Waals surface area contributed by atoms with Gasteiger partial charge in [0.1, 0.15) is 0 Å². The number of amides is 1. The van der Waals surface area contributed by atoms with Crippen LogP contribution in [0.25, 0.3) is 0 Å². The first kappa shape index (κ1) is 24.7. The lowest BCUT2D eigenvalue weighted by atomic mass is 9.45. The molecule has 6 fully saturated rings. The van der Waals surface area contributed by atoms with Crippen LogP contribution in [0.4, 0.5) is 0 Å². The number of carbonyl (C=O) groups is 1. The maximum atomic E-state index is 12.3. The van der Waals surface area contributed by atoms with Gasteiger partial charge >= 0.3 is 0 Å². The van der Waals surface area contributed by atoms with E-state index in [1.54, 1.807) is 13.3 Å². The van der Waals surface area contributed by atoms with Gasteiger partial charge in [0.2, 0.25) is 5.91 Å². The predicted octanol–water partition coefficient (Wildman–Crippen LogP) is 7.58. The SMILES string of the molecule is CC(=O)N(C)[C@H](C(C)C)[C@H]1CCC2[C@@H](CC3C4CCC5C(C)(C)[C@@H](C)CCC56C[C@@]46CCC32C)O1.[HH]. The summed E-state index contributed by atoms with van der Waals surface area (Å²) in [4.78, 5) is 14.2. The fourth-order valence-electron chi connectivity index (χ4n) is 12.0. The van der Waals surface area contributed by atoms with Crippen LogP contribution in [-0.4, -0.2) is 36.1 Å². The van der Waals surface area contributed by atoms with E-state index < -0.39 is 0 Å². The Morgan fingerprint density at radius 2 is 1.66 bits per heavy atom. The maximum absolute atomic E-state index is 12.3. The maximum Gasteiger partial charge on any atom is 0.219 e. The quantitative estimate of drug-likeness (QED) is 0.412. The second-order valence-corrected chi connectivity index (χ2v) is 15.6. The van der Waals surface area contributed by atoms with Crippen molar-refractivity contribution in [2.24, 2.45) is 57.2 Å². The van der Waals surface area contributed by atoms with Crippen molar-refractivity contribution in [3.63, 3.8) is 0 Å². The van der Waals surface area contributed by atoms with Crippen molar-refractivity contribution in [2.45, 2.75) is 131 Å². The Bertz CT molecular complexity index is 887. The minimum atomic E-state index is 0. The van der Waals surface area contributed by atoms with Crippen LogP contribution in [0.2, 0.25) is 0 Å². The third kappa shape index (κ3) is 3.09. The molecule has 5 saturated carbocycles. The molecule has 0 aromatic heterocycles. The van der Waals surface area contributed by atoms with E-state index in [-0.39, 0.29) is 19.5 Å². The molecule has 5 aliphatic carbocycles. The molecule has 1 aliphatic heterocycles. The molecule has 2 spiro atoms. The molecule has 1 saturated heterocycles. The lowest BCUT2D eigenvalue weighted by Gasteiger charge is -2.59. The highest BCUT2D eigenvalue weighted by Crippen LogP contribution is 2.87. The number of hydrogen-bond donors (Lipinski definition) is 0. The van der Waals surface area contributed by atoms with Crippen LogP contribution >= 0.6 is 0 Å². The zero-order valence-corrected chi connectivity index (χ0v) is 24.0. The van der Waals surface area contributed by atoms with Crippen LogP contribution in [-0.2, 0) is 9.53 Å². The fourth-order valence-corrected chi connectivity index (χ4v) is 12.0. The first-order chi connectivity index (χ1) is 16.4. The van der Waals surface area contributed by atoms with Crippen molar-refractivity contribution >= 4 is 5.91 Å². The Morgan fingerprint density at radius 3 is 2.34 bits per heavy atom. The zero-order chi connectivity index (χ0) is 25.1. The van der Waals surface area contributed by atoms with Gasteiger partial charge in [-0.2, -0.15) is 0 Å². The molecule has 0 bridgehead atoms. The Morgan fingerprint density at radius 1 is 0.943 bits per heavy atom. The van der Waals surface area contributed by atoms with E-state index in [4.69, 9.17) is 4.74 Å². The fraction of sp³-hybridized carbons (Fsp3) is 0.969. The molecule has 6 unspecified atom stereocenters. The topological polar surface area (TPSA) is 29.5 Å². The highest BCUT2D eigenvalue weighted by molar-refractivity contribution is 5.73. The standard InChI is InChI=1S/C32H53NO2.H2/c1-19(2)28(33(8)21(4)34)25-11-9-23-26(35-25)17-24-22-10-12-27-29(5,6)20(3)13-14-32(27)18-31(22,32)16-15-30(23,24)7;/h19-20,22-28H,9-18H2,1-8H3;1H/t20-,22?,23?,24?,25+,26+,27?,28+,30?,31-,32?;/m0./s1. The van der Waals surface area contributed by atoms with E-state index in [0.29, 0.717) is 33.7 Å². The summed E-state index contributed by atoms with van der Waals surface area (Å²) in [5.74, 6) is 4.95. The molecule has 0 aromatic rings. The molecule has 3 nitrogen and oxygen atoms in total. The molecular formula is C32H55NO2. The van der Waals surface area contributed by atoms with Crippen LogP contribution in [0.5, 0.6) is 0 Å². The molecule has 0 radical (unpaired) electrons. The molecule has 1 heterocycles. The molecule has 6 rings (SSSR count). The summed E-state index contributed by atoms with van der Waals surface area (Å²) < 4.78 is 7.05. The van der Waals surface area contributed by atoms with Gasteiger partial charge in [-0.15, -0.1) is 0 Å². The van der Waals surface area contributed by atoms with Gasteiger partial charge in [0.05, 0.1) is 18.2 Å². The second-order valence-electron chi connectivity index (χ2n) is 15.6. The molecule has 3 heteroatoms. The van der Waals surface area contributed by atoms with Gasteiger partial charge in [0, 0.05) is 15.4 Å². The van der Waals surface area contributed by atoms with Crippen LogP contribution in [0.1, 0.15) is 114 Å². The number of hydrogen-bond acceptors (Lipinski definition) is 2. The van der Waals surface area contributed by atoms with Crippen LogP contribution in [0.3, 0.4) is 0 Å². The molecule has 0 aromatic carbocycles. The summed E-state index contributed by atoms with van der Waals surface area (Å²) in [5.41, 5.74) is 2.33. The molecule has 35 heavy (non-hydrogen) atoms. The van der Waals surface area contributed by atoms with Gasteiger partial charge in [-0.05, 0) is 121 Å². The number of rotatable bonds is 3. The lowest BCUT2D eigenvalue weighted by molar-refractivity contribution is -0.148. The van der Waals surface area contributed by atoms with Crippen molar-refractivity contribution in [3.05, 3.63) is 0 Å². The largest absolute Gasteiger partial charge is 0.373 e. The van der Waals surface area contributed by atoms with E-state index in [2.05, 4.69) is 41.5 Å². The molecule has 200 valence electrons. The van der Waals surface area contributed by atoms with E-state index >= 15 is 0 Å². The highest BCUT2D eigenvalue weighted by Gasteiger charge is 2.80. The van der Waals surface area contributed by atoms with Gasteiger partial charge in [0.15, 0.2) is 0 Å². The van der Waals surface area contributed by atoms with Gasteiger partial charge < -0.3 is 9.64 Å². The summed E-state index contributed by atoms with van der Waals surface area (Å²) in [6, 6.07) is 0.198. The van der Waals surface area contributed by atoms with Gasteiger partial charge in [0.25, 0.3) is 0 Å². The summed E-state index contributed by atoms with van der Waals surface area (Å²) in [5, 5.41) is 0. The zero-order valence-electron chi connectivity index (χ0n) is 24.0. The van der Waals surface area contributed by atoms with Gasteiger partial charge in [-0.25, -0.2) is 0 Å². The summed E-state index contributed by atoms with van der Waals surface area (Å²) in [6.45, 7) is 16.7. The lowest BCUT2D eigenvalue weighted by Crippen LogP contribution is -2.53. The van der Waals surface area contributed by atoms with Gasteiger partial charge in [-0.3, -0.25) is 4.79 Å². The highest BCUT2D eigenvalue weighted by atomic mass is 16.5. The minimum absolute atomic E-state index is 0. The Balaban J connectivity index is 0.00000267. The van der Waals surface area contributed by atoms with Crippen molar-refractivity contribution in [2.75, 3.05) is 7.05 Å². The molecule has 11 atom stereocenters. The number of carbonyl (C=O) groups excluding carboxylic acids is 1. The van der Waals surface area contributed by atoms with Crippen LogP contribution in [0.15, 0.2) is 0 Å². The molecule has 0 N–H and O–H groups in total. The third-order valence-corrected chi connectivity index (χ3v) is 14.2. The Labute approximate surface area is 217 Å². The second kappa shape index (κ2) is 7.73. The molecule has 6 aliphatic rings. The Kier molecular flexibility index (Phi) is 5.47. The predicted molar refractivity (Wildman–Crippen MR) is 144 cm³/mol. The number of nitrogens with zero attached hydrogens (tertiary/aromatic N) is 1. The van der Waals surface area contributed by atoms with E-state index in [0.717, 1.165) is 36.0 Å². The van der Waals surface area contributed by atoms with Gasteiger partial charge in [-0.1, -0.05) is 41.5 Å². The third-order valence-electron chi connectivity index (χ3n) is 14.2. The van der Waals surface area contributed by atoms with Crippen molar-refractivity contribution in [1.82, 2.24) is 4.90 Å².